The molecule has 0 aliphatic carbocycles. The molecule has 0 aromatic heterocycles. The summed E-state index contributed by atoms with van der Waals surface area (Å²) in [6, 6.07) is 4.67. The highest BCUT2D eigenvalue weighted by Gasteiger charge is 2.11. The molecule has 1 aromatic rings. The van der Waals surface area contributed by atoms with Crippen LogP contribution < -0.4 is 15.8 Å². The molecule has 1 aromatic carbocycles. The first-order valence-electron chi connectivity index (χ1n) is 8.21. The van der Waals surface area contributed by atoms with Gasteiger partial charge in [0.15, 0.2) is 5.96 Å². The Morgan fingerprint density at radius 3 is 2.67 bits per heavy atom. The summed E-state index contributed by atoms with van der Waals surface area (Å²) in [6.07, 6.45) is 3.35. The zero-order valence-corrected chi connectivity index (χ0v) is 14.9. The number of aliphatic imine (C=N–C) groups is 1. The van der Waals surface area contributed by atoms with E-state index in [4.69, 9.17) is 10.5 Å². The fourth-order valence-corrected chi connectivity index (χ4v) is 2.38. The van der Waals surface area contributed by atoms with Gasteiger partial charge in [-0.15, -0.1) is 0 Å². The molecule has 0 saturated heterocycles. The molecule has 0 amide bonds. The molecule has 1 unspecified atom stereocenters. The maximum absolute atomic E-state index is 10.9. The maximum Gasteiger partial charge on any atom is 0.270 e. The molecule has 1 atom stereocenters. The van der Waals surface area contributed by atoms with Gasteiger partial charge in [0.1, 0.15) is 5.75 Å². The lowest BCUT2D eigenvalue weighted by Crippen LogP contribution is -2.38. The third-order valence-corrected chi connectivity index (χ3v) is 3.71. The van der Waals surface area contributed by atoms with Crippen LogP contribution in [0.15, 0.2) is 23.2 Å². The number of nitrogens with zero attached hydrogens (tertiary/aromatic N) is 2. The zero-order valence-electron chi connectivity index (χ0n) is 14.9. The molecule has 0 heterocycles. The van der Waals surface area contributed by atoms with E-state index in [1.807, 2.05) is 0 Å². The van der Waals surface area contributed by atoms with Gasteiger partial charge in [0.2, 0.25) is 0 Å². The number of hydrogen-bond acceptors (Lipinski definition) is 4. The van der Waals surface area contributed by atoms with E-state index in [9.17, 15) is 10.1 Å². The number of benzene rings is 1. The second-order valence-electron chi connectivity index (χ2n) is 6.32. The average Bonchev–Trinajstić information content (AvgIpc) is 2.52. The summed E-state index contributed by atoms with van der Waals surface area (Å²) in [6.45, 7) is 6.71. The largest absolute Gasteiger partial charge is 0.496 e. The first-order valence-corrected chi connectivity index (χ1v) is 8.21. The fourth-order valence-electron chi connectivity index (χ4n) is 2.38. The van der Waals surface area contributed by atoms with Gasteiger partial charge in [-0.3, -0.25) is 10.1 Å². The minimum atomic E-state index is -0.439. The smallest absolute Gasteiger partial charge is 0.270 e. The molecule has 0 aliphatic rings. The van der Waals surface area contributed by atoms with Crippen LogP contribution in [0.5, 0.6) is 5.75 Å². The second-order valence-corrected chi connectivity index (χ2v) is 6.32. The topological polar surface area (TPSA) is 103 Å². The van der Waals surface area contributed by atoms with Crippen LogP contribution in [0.1, 0.15) is 45.6 Å². The Hall–Kier alpha value is -2.31. The summed E-state index contributed by atoms with van der Waals surface area (Å²) in [7, 11) is 1.52. The van der Waals surface area contributed by atoms with Crippen molar-refractivity contribution in [1.29, 1.82) is 0 Å². The molecule has 0 aliphatic heterocycles. The van der Waals surface area contributed by atoms with Crippen LogP contribution in [-0.2, 0) is 6.54 Å². The fraction of sp³-hybridized carbons (Fsp3) is 0.588. The first-order chi connectivity index (χ1) is 11.3. The van der Waals surface area contributed by atoms with Gasteiger partial charge >= 0.3 is 0 Å². The predicted octanol–water partition coefficient (Wildman–Crippen LogP) is 3.22. The third kappa shape index (κ3) is 6.85. The molecule has 0 radical (unpaired) electrons. The van der Waals surface area contributed by atoms with E-state index in [1.165, 1.54) is 25.7 Å². The van der Waals surface area contributed by atoms with E-state index in [1.54, 1.807) is 6.07 Å². The third-order valence-electron chi connectivity index (χ3n) is 3.71. The number of nitro groups is 1. The number of non-ortho nitro benzene ring substituents is 1. The molecule has 1 rings (SSSR count). The number of nitro benzene ring substituents is 1. The minimum Gasteiger partial charge on any atom is -0.496 e. The van der Waals surface area contributed by atoms with E-state index in [2.05, 4.69) is 31.1 Å². The Kier molecular flexibility index (Phi) is 8.01. The van der Waals surface area contributed by atoms with Crippen LogP contribution in [0.4, 0.5) is 5.69 Å². The van der Waals surface area contributed by atoms with Crippen LogP contribution >= 0.6 is 0 Å². The molecular weight excluding hydrogens is 308 g/mol. The van der Waals surface area contributed by atoms with Crippen molar-refractivity contribution >= 4 is 11.6 Å². The van der Waals surface area contributed by atoms with Gasteiger partial charge in [-0.1, -0.05) is 26.7 Å². The van der Waals surface area contributed by atoms with Crippen LogP contribution in [0.25, 0.3) is 0 Å². The van der Waals surface area contributed by atoms with Gasteiger partial charge in [-0.2, -0.15) is 0 Å². The number of nitrogens with one attached hydrogen (secondary N) is 1. The molecule has 0 saturated carbocycles. The number of ether oxygens (including phenoxy) is 1. The summed E-state index contributed by atoms with van der Waals surface area (Å²) in [4.78, 5) is 14.7. The lowest BCUT2D eigenvalue weighted by atomic mass is 10.0. The van der Waals surface area contributed by atoms with Gasteiger partial charge in [0.25, 0.3) is 5.69 Å². The highest BCUT2D eigenvalue weighted by molar-refractivity contribution is 5.78. The van der Waals surface area contributed by atoms with Crippen LogP contribution in [0.3, 0.4) is 0 Å². The maximum atomic E-state index is 10.9. The molecule has 24 heavy (non-hydrogen) atoms. The van der Waals surface area contributed by atoms with E-state index >= 15 is 0 Å². The average molecular weight is 336 g/mol. The Morgan fingerprint density at radius 2 is 2.08 bits per heavy atom. The van der Waals surface area contributed by atoms with E-state index in [-0.39, 0.29) is 18.3 Å². The Morgan fingerprint density at radius 1 is 1.38 bits per heavy atom. The molecular formula is C17H28N4O3. The first kappa shape index (κ1) is 19.7. The SMILES string of the molecule is COc1ccc([N+](=O)[O-])cc1CN=C(N)NC(C)CCCC(C)C. The van der Waals surface area contributed by atoms with Crippen molar-refractivity contribution in [3.8, 4) is 5.75 Å². The van der Waals surface area contributed by atoms with Crippen LogP contribution in [0, 0.1) is 16.0 Å². The lowest BCUT2D eigenvalue weighted by molar-refractivity contribution is -0.384. The number of rotatable bonds is 9. The molecule has 0 spiro atoms. The van der Waals surface area contributed by atoms with E-state index < -0.39 is 4.92 Å². The van der Waals surface area contributed by atoms with Crippen molar-refractivity contribution in [1.82, 2.24) is 5.32 Å². The molecule has 7 heteroatoms. The van der Waals surface area contributed by atoms with E-state index in [0.29, 0.717) is 23.2 Å². The summed E-state index contributed by atoms with van der Waals surface area (Å²) in [5.41, 5.74) is 6.55. The zero-order chi connectivity index (χ0) is 18.1. The molecule has 134 valence electrons. The molecule has 3 N–H and O–H groups in total. The van der Waals surface area contributed by atoms with Crippen molar-refractivity contribution in [2.24, 2.45) is 16.6 Å². The molecule has 7 nitrogen and oxygen atoms in total. The van der Waals surface area contributed by atoms with Crippen molar-refractivity contribution < 1.29 is 9.66 Å². The normalized spacial score (nSPS) is 13.0. The van der Waals surface area contributed by atoms with Gasteiger partial charge < -0.3 is 15.8 Å². The van der Waals surface area contributed by atoms with E-state index in [0.717, 1.165) is 12.8 Å². The Bertz CT molecular complexity index is 573. The van der Waals surface area contributed by atoms with Crippen LogP contribution in [-0.4, -0.2) is 24.0 Å². The van der Waals surface area contributed by atoms with Crippen LogP contribution in [0.2, 0.25) is 0 Å². The molecule has 0 bridgehead atoms. The number of nitrogens with two attached hydrogens (primary N) is 1. The summed E-state index contributed by atoms with van der Waals surface area (Å²) in [5, 5.41) is 14.0. The summed E-state index contributed by atoms with van der Waals surface area (Å²) < 4.78 is 5.22. The second kappa shape index (κ2) is 9.75. The monoisotopic (exact) mass is 336 g/mol. The van der Waals surface area contributed by atoms with Gasteiger partial charge in [-0.25, -0.2) is 4.99 Å². The number of methoxy groups -OCH3 is 1. The van der Waals surface area contributed by atoms with Crippen molar-refractivity contribution in [2.75, 3.05) is 7.11 Å². The van der Waals surface area contributed by atoms with Crippen molar-refractivity contribution in [3.05, 3.63) is 33.9 Å². The highest BCUT2D eigenvalue weighted by atomic mass is 16.6. The lowest BCUT2D eigenvalue weighted by Gasteiger charge is -2.15. The quantitative estimate of drug-likeness (QED) is 0.312. The highest BCUT2D eigenvalue weighted by Crippen LogP contribution is 2.24. The summed E-state index contributed by atoms with van der Waals surface area (Å²) in [5.74, 6) is 1.59. The minimum absolute atomic E-state index is 0.00887. The van der Waals surface area contributed by atoms with Gasteiger partial charge in [0.05, 0.1) is 18.6 Å². The van der Waals surface area contributed by atoms with Gasteiger partial charge in [0, 0.05) is 23.7 Å². The Labute approximate surface area is 143 Å². The van der Waals surface area contributed by atoms with Crippen molar-refractivity contribution in [3.63, 3.8) is 0 Å². The number of hydrogen-bond donors (Lipinski definition) is 2. The Balaban J connectivity index is 2.63. The number of guanidine groups is 1. The van der Waals surface area contributed by atoms with Crippen molar-refractivity contribution in [2.45, 2.75) is 52.6 Å². The summed E-state index contributed by atoms with van der Waals surface area (Å²) >= 11 is 0. The predicted molar refractivity (Wildman–Crippen MR) is 96.3 cm³/mol. The molecule has 0 fully saturated rings. The van der Waals surface area contributed by atoms with Gasteiger partial charge in [-0.05, 0) is 25.3 Å². The standard InChI is InChI=1S/C17H28N4O3/c1-12(2)6-5-7-13(3)20-17(18)19-11-14-10-15(21(22)23)8-9-16(14)24-4/h8-10,12-13H,5-7,11H2,1-4H3,(H3,18,19,20).